The number of carboxylic acids is 2. The minimum absolute atomic E-state index is 0. The van der Waals surface area contributed by atoms with Crippen LogP contribution in [0.25, 0.3) is 0 Å². The van der Waals surface area contributed by atoms with Crippen LogP contribution in [0.15, 0.2) is 0 Å². The first kappa shape index (κ1) is 37.4. The zero-order valence-electron chi connectivity index (χ0n) is 20.2. The van der Waals surface area contributed by atoms with Gasteiger partial charge in [0.05, 0.1) is 17.5 Å². The summed E-state index contributed by atoms with van der Waals surface area (Å²) >= 11 is 0. The quantitative estimate of drug-likeness (QED) is 0.123. The Labute approximate surface area is 238 Å². The molecule has 8 nitrogen and oxygen atoms in total. The minimum atomic E-state index is -4.85. The van der Waals surface area contributed by atoms with E-state index in [2.05, 4.69) is 0 Å². The van der Waals surface area contributed by atoms with E-state index >= 15 is 0 Å². The summed E-state index contributed by atoms with van der Waals surface area (Å²) in [6.45, 7) is 4.04. The number of rotatable bonds is 19. The molecule has 12 heteroatoms. The Bertz CT molecular complexity index is 691. The zero-order valence-corrected chi connectivity index (χ0v) is 25.8. The van der Waals surface area contributed by atoms with Crippen LogP contribution in [0.4, 0.5) is 0 Å². The van der Waals surface area contributed by atoms with Gasteiger partial charge in [-0.05, 0) is 12.8 Å². The molecule has 0 aliphatic carbocycles. The van der Waals surface area contributed by atoms with Crippen molar-refractivity contribution in [2.24, 2.45) is 0 Å². The van der Waals surface area contributed by atoms with Crippen molar-refractivity contribution in [3.63, 3.8) is 0 Å². The summed E-state index contributed by atoms with van der Waals surface area (Å²) in [5.41, 5.74) is 0. The van der Waals surface area contributed by atoms with Crippen LogP contribution >= 0.6 is 0 Å². The average molecular weight is 515 g/mol. The number of hydrogen-bond donors (Lipinski definition) is 0. The fourth-order valence-corrected chi connectivity index (χ4v) is 8.46. The molecule has 0 heterocycles. The van der Waals surface area contributed by atoms with Crippen molar-refractivity contribution in [2.75, 3.05) is 11.5 Å². The van der Waals surface area contributed by atoms with Crippen molar-refractivity contribution < 1.29 is 95.8 Å². The van der Waals surface area contributed by atoms with Gasteiger partial charge in [0.25, 0.3) is 0 Å². The van der Waals surface area contributed by atoms with Crippen molar-refractivity contribution in [3.05, 3.63) is 0 Å². The smallest absolute Gasteiger partial charge is 0.550 e. The van der Waals surface area contributed by atoms with Crippen LogP contribution < -0.4 is 69.3 Å². The summed E-state index contributed by atoms with van der Waals surface area (Å²) in [6.07, 6.45) is 6.58. The van der Waals surface area contributed by atoms with Crippen molar-refractivity contribution in [2.45, 2.75) is 101 Å². The van der Waals surface area contributed by atoms with Crippen LogP contribution in [-0.2, 0) is 29.3 Å². The molecule has 0 amide bonds. The van der Waals surface area contributed by atoms with Crippen LogP contribution in [0.1, 0.15) is 97.3 Å². The molecule has 0 aromatic carbocycles. The summed E-state index contributed by atoms with van der Waals surface area (Å²) in [5, 5.41) is 23.0. The Balaban J connectivity index is -0.00000420. The molecule has 0 unspecified atom stereocenters. The molecule has 0 rings (SSSR count). The van der Waals surface area contributed by atoms with Crippen LogP contribution in [0.3, 0.4) is 0 Å². The maximum Gasteiger partial charge on any atom is 1.00 e. The van der Waals surface area contributed by atoms with E-state index in [0.29, 0.717) is 12.8 Å². The van der Waals surface area contributed by atoms with Gasteiger partial charge in [-0.25, -0.2) is 16.8 Å². The first-order valence-electron chi connectivity index (χ1n) is 10.8. The SMILES string of the molecule is CCCCCCCCS(=O)(=O)C(CC(=O)[O-])(C(=O)[O-])S(=O)(=O)CCCCCCCC.[Na+].[Na+]. The largest absolute Gasteiger partial charge is 1.00 e. The average Bonchev–Trinajstić information content (AvgIpc) is 2.64. The zero-order chi connectivity index (χ0) is 23.3. The van der Waals surface area contributed by atoms with Gasteiger partial charge < -0.3 is 19.8 Å². The van der Waals surface area contributed by atoms with Gasteiger partial charge in [0.2, 0.25) is 4.08 Å². The van der Waals surface area contributed by atoms with E-state index in [1.165, 1.54) is 0 Å². The maximum atomic E-state index is 12.8. The van der Waals surface area contributed by atoms with Crippen molar-refractivity contribution in [3.8, 4) is 0 Å². The Morgan fingerprint density at radius 2 is 0.938 bits per heavy atom. The molecule has 0 aromatic rings. The molecule has 0 atom stereocenters. The Kier molecular flexibility index (Phi) is 22.3. The second-order valence-corrected chi connectivity index (χ2v) is 12.7. The normalized spacial score (nSPS) is 11.9. The van der Waals surface area contributed by atoms with Crippen molar-refractivity contribution >= 4 is 31.6 Å². The third-order valence-electron chi connectivity index (χ3n) is 5.23. The standard InChI is InChI=1S/C20H38O8S2.2Na/c1-3-5-7-9-11-13-15-29(25,26)20(19(23)24,17-18(21)22)30(27,28)16-14-12-10-8-6-4-2;;/h3-17H2,1-2H3,(H,21,22)(H,23,24);;/q;2*+1/p-2. The predicted molar refractivity (Wildman–Crippen MR) is 112 cm³/mol. The molecule has 0 spiro atoms. The minimum Gasteiger partial charge on any atom is -0.550 e. The van der Waals surface area contributed by atoms with E-state index in [9.17, 15) is 36.6 Å². The molecule has 0 radical (unpaired) electrons. The number of carbonyl (C=O) groups excluding carboxylic acids is 2. The van der Waals surface area contributed by atoms with Gasteiger partial charge in [0.15, 0.2) is 19.7 Å². The van der Waals surface area contributed by atoms with Crippen LogP contribution in [0, 0.1) is 0 Å². The Morgan fingerprint density at radius 3 is 1.22 bits per heavy atom. The molecule has 0 fully saturated rings. The van der Waals surface area contributed by atoms with Crippen molar-refractivity contribution in [1.82, 2.24) is 0 Å². The van der Waals surface area contributed by atoms with E-state index in [1.54, 1.807) is 0 Å². The molecule has 0 aromatic heterocycles. The second-order valence-electron chi connectivity index (χ2n) is 7.76. The predicted octanol–water partition coefficient (Wildman–Crippen LogP) is -4.87. The third kappa shape index (κ3) is 12.0. The fourth-order valence-electron chi connectivity index (χ4n) is 3.40. The number of unbranched alkanes of at least 4 members (excludes halogenated alkanes) is 10. The first-order chi connectivity index (χ1) is 14.0. The number of carboxylic acid groups (broad SMARTS) is 2. The van der Waals surface area contributed by atoms with Crippen LogP contribution in [-0.4, -0.2) is 44.4 Å². The molecular formula is C20H36Na2O8S2. The third-order valence-corrected chi connectivity index (χ3v) is 11.0. The molecular weight excluding hydrogens is 478 g/mol. The molecule has 0 aliphatic rings. The maximum absolute atomic E-state index is 12.8. The number of hydrogen-bond acceptors (Lipinski definition) is 8. The molecule has 0 bridgehead atoms. The summed E-state index contributed by atoms with van der Waals surface area (Å²) < 4.78 is 47.9. The summed E-state index contributed by atoms with van der Waals surface area (Å²) in [4.78, 5) is 23.0. The summed E-state index contributed by atoms with van der Waals surface area (Å²) in [5.74, 6) is -5.92. The van der Waals surface area contributed by atoms with Gasteiger partial charge in [0.1, 0.15) is 0 Å². The molecule has 0 aliphatic heterocycles. The molecule has 0 N–H and O–H groups in total. The van der Waals surface area contributed by atoms with Gasteiger partial charge >= 0.3 is 59.1 Å². The summed E-state index contributed by atoms with van der Waals surface area (Å²) in [6, 6.07) is 0. The van der Waals surface area contributed by atoms with Gasteiger partial charge in [-0.15, -0.1) is 0 Å². The van der Waals surface area contributed by atoms with Gasteiger partial charge in [-0.2, -0.15) is 0 Å². The number of carbonyl (C=O) groups is 2. The van der Waals surface area contributed by atoms with Gasteiger partial charge in [-0.3, -0.25) is 0 Å². The monoisotopic (exact) mass is 514 g/mol. The molecule has 32 heavy (non-hydrogen) atoms. The Hall–Kier alpha value is 0.840. The van der Waals surface area contributed by atoms with E-state index < -0.39 is 53.6 Å². The molecule has 178 valence electrons. The second kappa shape index (κ2) is 19.1. The summed E-state index contributed by atoms with van der Waals surface area (Å²) in [7, 11) is -9.70. The van der Waals surface area contributed by atoms with Crippen molar-refractivity contribution in [1.29, 1.82) is 0 Å². The van der Waals surface area contributed by atoms with Gasteiger partial charge in [-0.1, -0.05) is 78.1 Å². The van der Waals surface area contributed by atoms with E-state index in [0.717, 1.165) is 51.4 Å². The molecule has 0 saturated carbocycles. The van der Waals surface area contributed by atoms with Gasteiger partial charge in [0, 0.05) is 12.4 Å². The number of aliphatic carboxylic acids is 2. The van der Waals surface area contributed by atoms with E-state index in [1.807, 2.05) is 13.8 Å². The van der Waals surface area contributed by atoms with E-state index in [-0.39, 0.29) is 72.0 Å². The van der Waals surface area contributed by atoms with Crippen LogP contribution in [0.2, 0.25) is 0 Å². The topological polar surface area (TPSA) is 149 Å². The molecule has 0 saturated heterocycles. The Morgan fingerprint density at radius 1 is 0.625 bits per heavy atom. The fraction of sp³-hybridized carbons (Fsp3) is 0.900. The first-order valence-corrected chi connectivity index (χ1v) is 14.1. The number of sulfone groups is 2. The van der Waals surface area contributed by atoms with E-state index in [4.69, 9.17) is 0 Å². The van der Waals surface area contributed by atoms with Crippen LogP contribution in [0.5, 0.6) is 0 Å².